The Hall–Kier alpha value is -3.09. The van der Waals surface area contributed by atoms with Crippen molar-refractivity contribution in [3.63, 3.8) is 0 Å². The maximum atomic E-state index is 12.3. The monoisotopic (exact) mass is 337 g/mol. The molecule has 0 atom stereocenters. The molecular formula is C18H19N5O2. The van der Waals surface area contributed by atoms with E-state index in [2.05, 4.69) is 20.7 Å². The van der Waals surface area contributed by atoms with Crippen LogP contribution >= 0.6 is 0 Å². The summed E-state index contributed by atoms with van der Waals surface area (Å²) >= 11 is 0. The van der Waals surface area contributed by atoms with Gasteiger partial charge in [-0.05, 0) is 30.5 Å². The highest BCUT2D eigenvalue weighted by atomic mass is 16.2. The highest BCUT2D eigenvalue weighted by Gasteiger charge is 2.26. The Labute approximate surface area is 144 Å². The topological polar surface area (TPSA) is 91.8 Å². The van der Waals surface area contributed by atoms with Gasteiger partial charge >= 0.3 is 0 Å². The summed E-state index contributed by atoms with van der Waals surface area (Å²) in [5.74, 6) is -0.495. The van der Waals surface area contributed by atoms with E-state index in [0.29, 0.717) is 12.2 Å². The molecule has 1 fully saturated rings. The molecule has 2 amide bonds. The molecule has 25 heavy (non-hydrogen) atoms. The molecule has 4 rings (SSSR count). The van der Waals surface area contributed by atoms with Crippen LogP contribution in [-0.4, -0.2) is 39.7 Å². The molecule has 0 spiro atoms. The second-order valence-electron chi connectivity index (χ2n) is 6.26. The van der Waals surface area contributed by atoms with Gasteiger partial charge in [-0.25, -0.2) is 0 Å². The van der Waals surface area contributed by atoms with E-state index in [1.807, 2.05) is 30.5 Å². The van der Waals surface area contributed by atoms with Crippen LogP contribution in [0.1, 0.15) is 39.4 Å². The number of carbonyl (C=O) groups excluding carboxylic acids is 2. The summed E-state index contributed by atoms with van der Waals surface area (Å²) in [7, 11) is 1.57. The van der Waals surface area contributed by atoms with Gasteiger partial charge in [0.15, 0.2) is 5.69 Å². The van der Waals surface area contributed by atoms with E-state index in [-0.39, 0.29) is 23.6 Å². The predicted molar refractivity (Wildman–Crippen MR) is 93.5 cm³/mol. The first-order chi connectivity index (χ1) is 12.2. The fourth-order valence-corrected chi connectivity index (χ4v) is 2.90. The van der Waals surface area contributed by atoms with Gasteiger partial charge in [0.05, 0.1) is 6.54 Å². The Morgan fingerprint density at radius 3 is 2.88 bits per heavy atom. The second-order valence-corrected chi connectivity index (χ2v) is 6.26. The Kier molecular flexibility index (Phi) is 3.76. The van der Waals surface area contributed by atoms with E-state index in [4.69, 9.17) is 0 Å². The van der Waals surface area contributed by atoms with E-state index in [9.17, 15) is 9.59 Å². The summed E-state index contributed by atoms with van der Waals surface area (Å²) in [6.45, 7) is 0.411. The Morgan fingerprint density at radius 2 is 2.12 bits per heavy atom. The molecule has 0 aliphatic heterocycles. The maximum absolute atomic E-state index is 12.3. The molecule has 0 unspecified atom stereocenters. The van der Waals surface area contributed by atoms with Crippen LogP contribution in [0.2, 0.25) is 0 Å². The van der Waals surface area contributed by atoms with Gasteiger partial charge in [-0.1, -0.05) is 12.1 Å². The van der Waals surface area contributed by atoms with Crippen LogP contribution in [0.4, 0.5) is 0 Å². The minimum absolute atomic E-state index is 0.230. The lowest BCUT2D eigenvalue weighted by atomic mass is 10.1. The van der Waals surface area contributed by atoms with Gasteiger partial charge in [0, 0.05) is 36.3 Å². The third-order valence-electron chi connectivity index (χ3n) is 4.39. The lowest BCUT2D eigenvalue weighted by molar-refractivity contribution is 0.0940. The summed E-state index contributed by atoms with van der Waals surface area (Å²) < 4.78 is 1.59. The fraction of sp³-hybridized carbons (Fsp3) is 0.278. The van der Waals surface area contributed by atoms with Gasteiger partial charge in [0.2, 0.25) is 0 Å². The predicted octanol–water partition coefficient (Wildman–Crippen LogP) is 1.66. The lowest BCUT2D eigenvalue weighted by Gasteiger charge is -2.08. The molecule has 128 valence electrons. The standard InChI is InChI=1S/C18H19N5O2/c1-19-18(25)16-9-15(17(24)21-12-5-6-12)22-23(16)10-11-3-2-4-14-13(11)7-8-20-14/h2-4,7-9,12,20H,5-6,10H2,1H3,(H,19,25)(H,21,24). The van der Waals surface area contributed by atoms with Crippen molar-refractivity contribution in [1.29, 1.82) is 0 Å². The number of hydrogen-bond acceptors (Lipinski definition) is 3. The summed E-state index contributed by atoms with van der Waals surface area (Å²) in [5.41, 5.74) is 2.70. The summed E-state index contributed by atoms with van der Waals surface area (Å²) in [5, 5.41) is 11.0. The SMILES string of the molecule is CNC(=O)c1cc(C(=O)NC2CC2)nn1Cc1cccc2[nH]ccc12. The average Bonchev–Trinajstić information content (AvgIpc) is 3.12. The number of amides is 2. The molecule has 1 aromatic carbocycles. The number of benzene rings is 1. The van der Waals surface area contributed by atoms with Crippen molar-refractivity contribution in [2.24, 2.45) is 0 Å². The fourth-order valence-electron chi connectivity index (χ4n) is 2.90. The van der Waals surface area contributed by atoms with Crippen molar-refractivity contribution in [1.82, 2.24) is 25.4 Å². The first kappa shape index (κ1) is 15.4. The molecule has 0 radical (unpaired) electrons. The molecule has 3 aromatic rings. The molecule has 7 nitrogen and oxygen atoms in total. The molecule has 2 heterocycles. The number of aromatic amines is 1. The first-order valence-electron chi connectivity index (χ1n) is 8.31. The molecule has 1 aliphatic carbocycles. The van der Waals surface area contributed by atoms with Crippen LogP contribution in [0.3, 0.4) is 0 Å². The molecule has 7 heteroatoms. The summed E-state index contributed by atoms with van der Waals surface area (Å²) in [4.78, 5) is 27.6. The number of fused-ring (bicyclic) bond motifs is 1. The number of rotatable bonds is 5. The average molecular weight is 337 g/mol. The van der Waals surface area contributed by atoms with E-state index >= 15 is 0 Å². The van der Waals surface area contributed by atoms with E-state index in [0.717, 1.165) is 29.3 Å². The number of aromatic nitrogens is 3. The van der Waals surface area contributed by atoms with Crippen molar-refractivity contribution in [2.45, 2.75) is 25.4 Å². The molecule has 2 aromatic heterocycles. The number of nitrogens with one attached hydrogen (secondary N) is 3. The molecule has 3 N–H and O–H groups in total. The quantitative estimate of drug-likeness (QED) is 0.661. The van der Waals surface area contributed by atoms with E-state index in [1.54, 1.807) is 17.8 Å². The highest BCUT2D eigenvalue weighted by Crippen LogP contribution is 2.21. The smallest absolute Gasteiger partial charge is 0.272 e. The van der Waals surface area contributed by atoms with Gasteiger partial charge in [-0.15, -0.1) is 0 Å². The van der Waals surface area contributed by atoms with Crippen LogP contribution in [0.25, 0.3) is 10.9 Å². The molecule has 1 saturated carbocycles. The number of carbonyl (C=O) groups is 2. The minimum atomic E-state index is -0.265. The normalized spacial score (nSPS) is 13.8. The van der Waals surface area contributed by atoms with Gasteiger partial charge in [0.25, 0.3) is 11.8 Å². The molecule has 0 saturated heterocycles. The van der Waals surface area contributed by atoms with Crippen LogP contribution in [-0.2, 0) is 6.54 Å². The second kappa shape index (κ2) is 6.08. The van der Waals surface area contributed by atoms with Crippen LogP contribution < -0.4 is 10.6 Å². The van der Waals surface area contributed by atoms with Gasteiger partial charge in [-0.3, -0.25) is 14.3 Å². The molecule has 1 aliphatic rings. The third kappa shape index (κ3) is 3.00. The van der Waals surface area contributed by atoms with Crippen molar-refractivity contribution >= 4 is 22.7 Å². The molecule has 0 bridgehead atoms. The summed E-state index contributed by atoms with van der Waals surface area (Å²) in [6.07, 6.45) is 3.89. The third-order valence-corrected chi connectivity index (χ3v) is 4.39. The van der Waals surface area contributed by atoms with Gasteiger partial charge in [-0.2, -0.15) is 5.10 Å². The van der Waals surface area contributed by atoms with Crippen molar-refractivity contribution in [3.05, 3.63) is 53.5 Å². The Bertz CT molecular complexity index is 951. The highest BCUT2D eigenvalue weighted by molar-refractivity contribution is 5.98. The van der Waals surface area contributed by atoms with Crippen LogP contribution in [0, 0.1) is 0 Å². The zero-order valence-corrected chi connectivity index (χ0v) is 13.9. The van der Waals surface area contributed by atoms with Crippen LogP contribution in [0.15, 0.2) is 36.5 Å². The Morgan fingerprint density at radius 1 is 1.28 bits per heavy atom. The first-order valence-corrected chi connectivity index (χ1v) is 8.31. The van der Waals surface area contributed by atoms with Crippen molar-refractivity contribution < 1.29 is 9.59 Å². The van der Waals surface area contributed by atoms with E-state index < -0.39 is 0 Å². The van der Waals surface area contributed by atoms with Crippen molar-refractivity contribution in [3.8, 4) is 0 Å². The zero-order chi connectivity index (χ0) is 17.4. The van der Waals surface area contributed by atoms with Crippen molar-refractivity contribution in [2.75, 3.05) is 7.05 Å². The molecular weight excluding hydrogens is 318 g/mol. The van der Waals surface area contributed by atoms with E-state index in [1.165, 1.54) is 0 Å². The van der Waals surface area contributed by atoms with Gasteiger partial charge < -0.3 is 15.6 Å². The van der Waals surface area contributed by atoms with Crippen LogP contribution in [0.5, 0.6) is 0 Å². The minimum Gasteiger partial charge on any atom is -0.361 e. The Balaban J connectivity index is 1.69. The summed E-state index contributed by atoms with van der Waals surface area (Å²) in [6, 6.07) is 9.74. The van der Waals surface area contributed by atoms with Gasteiger partial charge in [0.1, 0.15) is 5.69 Å². The lowest BCUT2D eigenvalue weighted by Crippen LogP contribution is -2.25. The maximum Gasteiger partial charge on any atom is 0.272 e. The zero-order valence-electron chi connectivity index (χ0n) is 13.9. The largest absolute Gasteiger partial charge is 0.361 e. The number of H-pyrrole nitrogens is 1. The number of hydrogen-bond donors (Lipinski definition) is 3. The number of nitrogens with zero attached hydrogens (tertiary/aromatic N) is 2.